The van der Waals surface area contributed by atoms with Crippen LogP contribution in [0.25, 0.3) is 0 Å². The van der Waals surface area contributed by atoms with E-state index in [-0.39, 0.29) is 17.0 Å². The van der Waals surface area contributed by atoms with E-state index < -0.39 is 0 Å². The number of benzene rings is 1. The minimum atomic E-state index is -0.0298. The van der Waals surface area contributed by atoms with Crippen molar-refractivity contribution in [3.05, 3.63) is 29.8 Å². The zero-order valence-corrected chi connectivity index (χ0v) is 10.7. The third-order valence-electron chi connectivity index (χ3n) is 2.38. The minimum absolute atomic E-state index is 0.0298. The molecular formula is C13H18ClNO2. The molecule has 1 atom stereocenters. The van der Waals surface area contributed by atoms with Gasteiger partial charge in [0.05, 0.1) is 6.42 Å². The summed E-state index contributed by atoms with van der Waals surface area (Å²) in [6.45, 7) is 2.59. The normalized spacial score (nSPS) is 12.1. The highest BCUT2D eigenvalue weighted by Crippen LogP contribution is 2.11. The standard InChI is InChI=1S/C13H18ClNO2/c1-10(14)4-3-7-15-13(17)9-11-5-2-6-12(16)8-11/h2,5-6,8,10,16H,3-4,7,9H2,1H3,(H,15,17). The highest BCUT2D eigenvalue weighted by molar-refractivity contribution is 6.20. The third kappa shape index (κ3) is 6.17. The van der Waals surface area contributed by atoms with Gasteiger partial charge in [0.2, 0.25) is 5.91 Å². The van der Waals surface area contributed by atoms with Crippen molar-refractivity contribution in [3.63, 3.8) is 0 Å². The summed E-state index contributed by atoms with van der Waals surface area (Å²) in [4.78, 5) is 11.5. The molecule has 0 aliphatic heterocycles. The monoisotopic (exact) mass is 255 g/mol. The van der Waals surface area contributed by atoms with Crippen LogP contribution in [0.5, 0.6) is 5.75 Å². The zero-order chi connectivity index (χ0) is 12.7. The van der Waals surface area contributed by atoms with E-state index >= 15 is 0 Å². The van der Waals surface area contributed by atoms with Crippen LogP contribution in [-0.2, 0) is 11.2 Å². The molecule has 0 aliphatic carbocycles. The minimum Gasteiger partial charge on any atom is -0.508 e. The number of carbonyl (C=O) groups is 1. The average molecular weight is 256 g/mol. The number of amides is 1. The highest BCUT2D eigenvalue weighted by atomic mass is 35.5. The second-order valence-electron chi connectivity index (χ2n) is 4.12. The maximum atomic E-state index is 11.5. The molecule has 0 aliphatic rings. The van der Waals surface area contributed by atoms with E-state index in [1.807, 2.05) is 13.0 Å². The summed E-state index contributed by atoms with van der Waals surface area (Å²) in [7, 11) is 0. The van der Waals surface area contributed by atoms with E-state index in [1.165, 1.54) is 0 Å². The molecule has 1 unspecified atom stereocenters. The van der Waals surface area contributed by atoms with Crippen LogP contribution >= 0.6 is 11.6 Å². The molecule has 0 saturated carbocycles. The second kappa shape index (κ2) is 7.17. The quantitative estimate of drug-likeness (QED) is 0.606. The second-order valence-corrected chi connectivity index (χ2v) is 4.86. The van der Waals surface area contributed by atoms with Crippen LogP contribution in [0.1, 0.15) is 25.3 Å². The molecule has 0 saturated heterocycles. The fourth-order valence-corrected chi connectivity index (χ4v) is 1.68. The molecule has 94 valence electrons. The number of alkyl halides is 1. The molecular weight excluding hydrogens is 238 g/mol. The SMILES string of the molecule is CC(Cl)CCCNC(=O)Cc1cccc(O)c1. The molecule has 2 N–H and O–H groups in total. The number of hydrogen-bond acceptors (Lipinski definition) is 2. The Labute approximate surface area is 107 Å². The van der Waals surface area contributed by atoms with Crippen molar-refractivity contribution in [2.24, 2.45) is 0 Å². The lowest BCUT2D eigenvalue weighted by molar-refractivity contribution is -0.120. The van der Waals surface area contributed by atoms with Gasteiger partial charge in [0.1, 0.15) is 5.75 Å². The largest absolute Gasteiger partial charge is 0.508 e. The molecule has 4 heteroatoms. The van der Waals surface area contributed by atoms with E-state index in [1.54, 1.807) is 18.2 Å². The smallest absolute Gasteiger partial charge is 0.224 e. The number of aromatic hydroxyl groups is 1. The van der Waals surface area contributed by atoms with Gasteiger partial charge in [-0.3, -0.25) is 4.79 Å². The Morgan fingerprint density at radius 1 is 1.53 bits per heavy atom. The Morgan fingerprint density at radius 3 is 2.94 bits per heavy atom. The van der Waals surface area contributed by atoms with Crippen LogP contribution in [0.3, 0.4) is 0 Å². The van der Waals surface area contributed by atoms with Crippen molar-refractivity contribution >= 4 is 17.5 Å². The van der Waals surface area contributed by atoms with Crippen molar-refractivity contribution in [2.45, 2.75) is 31.6 Å². The Bertz CT molecular complexity index is 366. The molecule has 1 rings (SSSR count). The van der Waals surface area contributed by atoms with E-state index in [2.05, 4.69) is 5.32 Å². The summed E-state index contributed by atoms with van der Waals surface area (Å²) in [5.41, 5.74) is 0.813. The molecule has 1 aromatic rings. The molecule has 1 amide bonds. The van der Waals surface area contributed by atoms with Crippen LogP contribution in [0.2, 0.25) is 0 Å². The number of phenols is 1. The summed E-state index contributed by atoms with van der Waals surface area (Å²) in [5.74, 6) is 0.157. The highest BCUT2D eigenvalue weighted by Gasteiger charge is 2.03. The van der Waals surface area contributed by atoms with E-state index in [0.29, 0.717) is 13.0 Å². The van der Waals surface area contributed by atoms with Gasteiger partial charge in [0, 0.05) is 11.9 Å². The Balaban J connectivity index is 2.25. The third-order valence-corrected chi connectivity index (χ3v) is 2.59. The van der Waals surface area contributed by atoms with Gasteiger partial charge in [0.25, 0.3) is 0 Å². The van der Waals surface area contributed by atoms with Crippen LogP contribution in [0.4, 0.5) is 0 Å². The fraction of sp³-hybridized carbons (Fsp3) is 0.462. The van der Waals surface area contributed by atoms with Crippen molar-refractivity contribution in [1.29, 1.82) is 0 Å². The summed E-state index contributed by atoms with van der Waals surface area (Å²) in [5, 5.41) is 12.2. The predicted molar refractivity (Wildman–Crippen MR) is 69.4 cm³/mol. The molecule has 3 nitrogen and oxygen atoms in total. The Kier molecular flexibility index (Phi) is 5.84. The van der Waals surface area contributed by atoms with Crippen LogP contribution in [0.15, 0.2) is 24.3 Å². The first-order chi connectivity index (χ1) is 8.08. The van der Waals surface area contributed by atoms with Crippen molar-refractivity contribution in [1.82, 2.24) is 5.32 Å². The van der Waals surface area contributed by atoms with Gasteiger partial charge in [-0.15, -0.1) is 11.6 Å². The number of phenolic OH excluding ortho intramolecular Hbond substituents is 1. The Hall–Kier alpha value is -1.22. The molecule has 0 heterocycles. The van der Waals surface area contributed by atoms with E-state index in [9.17, 15) is 9.90 Å². The first-order valence-corrected chi connectivity index (χ1v) is 6.20. The summed E-state index contributed by atoms with van der Waals surface area (Å²) in [6, 6.07) is 6.73. The van der Waals surface area contributed by atoms with Gasteiger partial charge in [-0.05, 0) is 37.5 Å². The number of rotatable bonds is 6. The lowest BCUT2D eigenvalue weighted by Gasteiger charge is -2.06. The number of nitrogens with one attached hydrogen (secondary N) is 1. The van der Waals surface area contributed by atoms with Crippen molar-refractivity contribution in [2.75, 3.05) is 6.54 Å². The van der Waals surface area contributed by atoms with Crippen LogP contribution in [0, 0.1) is 0 Å². The first kappa shape index (κ1) is 13.8. The molecule has 0 fully saturated rings. The average Bonchev–Trinajstić information content (AvgIpc) is 2.24. The molecule has 0 aromatic heterocycles. The zero-order valence-electron chi connectivity index (χ0n) is 9.95. The van der Waals surface area contributed by atoms with Gasteiger partial charge >= 0.3 is 0 Å². The van der Waals surface area contributed by atoms with Gasteiger partial charge in [0.15, 0.2) is 0 Å². The number of hydrogen-bond donors (Lipinski definition) is 2. The molecule has 0 bridgehead atoms. The lowest BCUT2D eigenvalue weighted by atomic mass is 10.1. The number of carbonyl (C=O) groups excluding carboxylic acids is 1. The molecule has 17 heavy (non-hydrogen) atoms. The summed E-state index contributed by atoms with van der Waals surface area (Å²) >= 11 is 5.80. The molecule has 0 spiro atoms. The van der Waals surface area contributed by atoms with Gasteiger partial charge in [-0.25, -0.2) is 0 Å². The maximum Gasteiger partial charge on any atom is 0.224 e. The number of halogens is 1. The Morgan fingerprint density at radius 2 is 2.29 bits per heavy atom. The summed E-state index contributed by atoms with van der Waals surface area (Å²) in [6.07, 6.45) is 2.08. The molecule has 0 radical (unpaired) electrons. The maximum absolute atomic E-state index is 11.5. The lowest BCUT2D eigenvalue weighted by Crippen LogP contribution is -2.26. The van der Waals surface area contributed by atoms with Crippen molar-refractivity contribution in [3.8, 4) is 5.75 Å². The van der Waals surface area contributed by atoms with Crippen LogP contribution in [-0.4, -0.2) is 22.9 Å². The van der Waals surface area contributed by atoms with Gasteiger partial charge < -0.3 is 10.4 Å². The molecule has 1 aromatic carbocycles. The van der Waals surface area contributed by atoms with E-state index in [0.717, 1.165) is 18.4 Å². The summed E-state index contributed by atoms with van der Waals surface area (Å²) < 4.78 is 0. The topological polar surface area (TPSA) is 49.3 Å². The van der Waals surface area contributed by atoms with E-state index in [4.69, 9.17) is 11.6 Å². The predicted octanol–water partition coefficient (Wildman–Crippen LogP) is 2.46. The van der Waals surface area contributed by atoms with Crippen molar-refractivity contribution < 1.29 is 9.90 Å². The first-order valence-electron chi connectivity index (χ1n) is 5.76. The van der Waals surface area contributed by atoms with Gasteiger partial charge in [-0.1, -0.05) is 12.1 Å². The van der Waals surface area contributed by atoms with Gasteiger partial charge in [-0.2, -0.15) is 0 Å². The van der Waals surface area contributed by atoms with Crippen LogP contribution < -0.4 is 5.32 Å². The fourth-order valence-electron chi connectivity index (χ4n) is 1.53.